The predicted molar refractivity (Wildman–Crippen MR) is 58.3 cm³/mol. The van der Waals surface area contributed by atoms with Crippen molar-refractivity contribution in [2.24, 2.45) is 5.92 Å². The van der Waals surface area contributed by atoms with Crippen molar-refractivity contribution in [2.75, 3.05) is 11.9 Å². The molecule has 2 heteroatoms. The summed E-state index contributed by atoms with van der Waals surface area (Å²) in [5, 5.41) is 1.16. The Morgan fingerprint density at radius 1 is 1.38 bits per heavy atom. The van der Waals surface area contributed by atoms with E-state index in [1.54, 1.807) is 0 Å². The van der Waals surface area contributed by atoms with Crippen LogP contribution in [0, 0.1) is 5.92 Å². The van der Waals surface area contributed by atoms with Crippen LogP contribution >= 0.6 is 15.9 Å². The van der Waals surface area contributed by atoms with Crippen LogP contribution in [0.2, 0.25) is 0 Å². The van der Waals surface area contributed by atoms with Crippen LogP contribution in [-0.2, 0) is 4.74 Å². The maximum absolute atomic E-state index is 5.90. The molecule has 2 rings (SSSR count). The first-order chi connectivity index (χ1) is 6.35. The molecule has 0 aromatic rings. The average molecular weight is 247 g/mol. The fourth-order valence-electron chi connectivity index (χ4n) is 2.66. The highest BCUT2D eigenvalue weighted by atomic mass is 79.9. The number of hydrogen-bond acceptors (Lipinski definition) is 1. The summed E-state index contributed by atoms with van der Waals surface area (Å²) < 4.78 is 5.90. The van der Waals surface area contributed by atoms with Gasteiger partial charge in [0.05, 0.1) is 5.60 Å². The molecule has 0 N–H and O–H groups in total. The Morgan fingerprint density at radius 3 is 2.85 bits per heavy atom. The van der Waals surface area contributed by atoms with Gasteiger partial charge < -0.3 is 4.74 Å². The van der Waals surface area contributed by atoms with Gasteiger partial charge in [-0.3, -0.25) is 0 Å². The number of ether oxygens (including phenoxy) is 1. The Morgan fingerprint density at radius 2 is 2.23 bits per heavy atom. The Hall–Kier alpha value is 0.440. The lowest BCUT2D eigenvalue weighted by molar-refractivity contribution is -0.144. The highest BCUT2D eigenvalue weighted by Gasteiger charge is 2.42. The second kappa shape index (κ2) is 4.31. The van der Waals surface area contributed by atoms with Crippen LogP contribution in [0.1, 0.15) is 44.9 Å². The number of hydrogen-bond donors (Lipinski definition) is 0. The SMILES string of the molecule is BrCCCC1CCOC2(CCC2)C1. The highest BCUT2D eigenvalue weighted by Crippen LogP contribution is 2.45. The van der Waals surface area contributed by atoms with Crippen molar-refractivity contribution in [3.63, 3.8) is 0 Å². The van der Waals surface area contributed by atoms with Gasteiger partial charge in [0.1, 0.15) is 0 Å². The first-order valence-corrected chi connectivity index (χ1v) is 6.67. The molecule has 1 aliphatic carbocycles. The van der Waals surface area contributed by atoms with Crippen LogP contribution < -0.4 is 0 Å². The molecule has 1 heterocycles. The molecule has 76 valence electrons. The fraction of sp³-hybridized carbons (Fsp3) is 1.00. The minimum Gasteiger partial charge on any atom is -0.375 e. The van der Waals surface area contributed by atoms with E-state index < -0.39 is 0 Å². The summed E-state index contributed by atoms with van der Waals surface area (Å²) in [4.78, 5) is 0. The summed E-state index contributed by atoms with van der Waals surface area (Å²) in [7, 11) is 0. The number of alkyl halides is 1. The summed E-state index contributed by atoms with van der Waals surface area (Å²) in [6.45, 7) is 1.02. The molecule has 0 amide bonds. The van der Waals surface area contributed by atoms with Crippen molar-refractivity contribution in [1.29, 1.82) is 0 Å². The molecule has 1 unspecified atom stereocenters. The smallest absolute Gasteiger partial charge is 0.0685 e. The summed E-state index contributed by atoms with van der Waals surface area (Å²) in [5.41, 5.74) is 0.356. The predicted octanol–water partition coefficient (Wildman–Crippen LogP) is 3.51. The molecule has 1 saturated carbocycles. The van der Waals surface area contributed by atoms with Gasteiger partial charge in [0, 0.05) is 11.9 Å². The number of halogens is 1. The first-order valence-electron chi connectivity index (χ1n) is 5.55. The second-order valence-electron chi connectivity index (χ2n) is 4.58. The zero-order valence-electron chi connectivity index (χ0n) is 8.23. The first kappa shape index (κ1) is 9.97. The maximum Gasteiger partial charge on any atom is 0.0685 e. The van der Waals surface area contributed by atoms with Gasteiger partial charge in [0.15, 0.2) is 0 Å². The van der Waals surface area contributed by atoms with Crippen LogP contribution in [0.15, 0.2) is 0 Å². The van der Waals surface area contributed by atoms with Gasteiger partial charge in [-0.15, -0.1) is 0 Å². The van der Waals surface area contributed by atoms with Crippen LogP contribution in [0.4, 0.5) is 0 Å². The summed E-state index contributed by atoms with van der Waals surface area (Å²) >= 11 is 3.50. The van der Waals surface area contributed by atoms with Gasteiger partial charge in [-0.1, -0.05) is 15.9 Å². The van der Waals surface area contributed by atoms with E-state index in [0.29, 0.717) is 5.60 Å². The number of rotatable bonds is 3. The van der Waals surface area contributed by atoms with Gasteiger partial charge in [-0.2, -0.15) is 0 Å². The third-order valence-electron chi connectivity index (χ3n) is 3.61. The second-order valence-corrected chi connectivity index (χ2v) is 5.37. The van der Waals surface area contributed by atoms with E-state index in [-0.39, 0.29) is 0 Å². The van der Waals surface area contributed by atoms with Crippen molar-refractivity contribution in [3.05, 3.63) is 0 Å². The van der Waals surface area contributed by atoms with Gasteiger partial charge in [0.25, 0.3) is 0 Å². The van der Waals surface area contributed by atoms with Gasteiger partial charge in [-0.25, -0.2) is 0 Å². The monoisotopic (exact) mass is 246 g/mol. The van der Waals surface area contributed by atoms with Crippen molar-refractivity contribution >= 4 is 15.9 Å². The topological polar surface area (TPSA) is 9.23 Å². The molecule has 0 radical (unpaired) electrons. The molecule has 0 aromatic heterocycles. The molecule has 1 nitrogen and oxygen atoms in total. The van der Waals surface area contributed by atoms with Gasteiger partial charge in [-0.05, 0) is 50.9 Å². The summed E-state index contributed by atoms with van der Waals surface area (Å²) in [6.07, 6.45) is 9.44. The lowest BCUT2D eigenvalue weighted by Gasteiger charge is -2.47. The third kappa shape index (κ3) is 2.27. The van der Waals surface area contributed by atoms with E-state index in [1.165, 1.54) is 44.9 Å². The van der Waals surface area contributed by atoms with Crippen LogP contribution in [-0.4, -0.2) is 17.5 Å². The fourth-order valence-corrected chi connectivity index (χ4v) is 2.98. The molecular weight excluding hydrogens is 228 g/mol. The Balaban J connectivity index is 1.78. The minimum atomic E-state index is 0.356. The summed E-state index contributed by atoms with van der Waals surface area (Å²) in [6, 6.07) is 0. The average Bonchev–Trinajstić information content (AvgIpc) is 2.13. The normalized spacial score (nSPS) is 31.6. The molecule has 1 aliphatic heterocycles. The zero-order chi connectivity index (χ0) is 9.15. The Labute approximate surface area is 89.4 Å². The van der Waals surface area contributed by atoms with Crippen molar-refractivity contribution in [2.45, 2.75) is 50.5 Å². The minimum absolute atomic E-state index is 0.356. The lowest BCUT2D eigenvalue weighted by atomic mass is 9.71. The Kier molecular flexibility index (Phi) is 3.31. The van der Waals surface area contributed by atoms with E-state index in [1.807, 2.05) is 0 Å². The largest absolute Gasteiger partial charge is 0.375 e. The molecule has 1 spiro atoms. The molecule has 2 fully saturated rings. The van der Waals surface area contributed by atoms with E-state index >= 15 is 0 Å². The van der Waals surface area contributed by atoms with Gasteiger partial charge >= 0.3 is 0 Å². The van der Waals surface area contributed by atoms with Crippen molar-refractivity contribution in [3.8, 4) is 0 Å². The van der Waals surface area contributed by atoms with E-state index in [4.69, 9.17) is 4.74 Å². The van der Waals surface area contributed by atoms with E-state index in [0.717, 1.165) is 17.9 Å². The van der Waals surface area contributed by atoms with Crippen LogP contribution in [0.25, 0.3) is 0 Å². The molecule has 2 aliphatic rings. The quantitative estimate of drug-likeness (QED) is 0.693. The summed E-state index contributed by atoms with van der Waals surface area (Å²) in [5.74, 6) is 0.951. The van der Waals surface area contributed by atoms with E-state index in [9.17, 15) is 0 Å². The Bertz CT molecular complexity index is 165. The molecule has 1 saturated heterocycles. The standard InChI is InChI=1S/C11H19BrO/c12-7-1-3-10-4-8-13-11(9-10)5-2-6-11/h10H,1-9H2. The van der Waals surface area contributed by atoms with Crippen molar-refractivity contribution in [1.82, 2.24) is 0 Å². The molecule has 13 heavy (non-hydrogen) atoms. The van der Waals surface area contributed by atoms with Crippen LogP contribution in [0.5, 0.6) is 0 Å². The molecule has 0 aromatic carbocycles. The van der Waals surface area contributed by atoms with E-state index in [2.05, 4.69) is 15.9 Å². The molecule has 1 atom stereocenters. The van der Waals surface area contributed by atoms with Gasteiger partial charge in [0.2, 0.25) is 0 Å². The maximum atomic E-state index is 5.90. The molecule has 0 bridgehead atoms. The van der Waals surface area contributed by atoms with Crippen molar-refractivity contribution < 1.29 is 4.74 Å². The highest BCUT2D eigenvalue weighted by molar-refractivity contribution is 9.09. The molecular formula is C11H19BrO. The lowest BCUT2D eigenvalue weighted by Crippen LogP contribution is -2.45. The zero-order valence-corrected chi connectivity index (χ0v) is 9.81. The third-order valence-corrected chi connectivity index (χ3v) is 4.17. The van der Waals surface area contributed by atoms with Crippen LogP contribution in [0.3, 0.4) is 0 Å².